The zero-order valence-electron chi connectivity index (χ0n) is 25.8. The number of hydrogen-bond acceptors (Lipinski definition) is 8. The lowest BCUT2D eigenvalue weighted by atomic mass is 10.0. The molecule has 5 fully saturated rings. The van der Waals surface area contributed by atoms with E-state index in [1.165, 1.54) is 0 Å². The lowest BCUT2D eigenvalue weighted by molar-refractivity contribution is -0.120. The van der Waals surface area contributed by atoms with Gasteiger partial charge >= 0.3 is 6.09 Å². The molecule has 2 saturated carbocycles. The summed E-state index contributed by atoms with van der Waals surface area (Å²) in [6.45, 7) is 10.6. The highest BCUT2D eigenvalue weighted by atomic mass is 32.2. The van der Waals surface area contributed by atoms with Crippen LogP contribution in [-0.4, -0.2) is 101 Å². The van der Waals surface area contributed by atoms with Gasteiger partial charge in [0.2, 0.25) is 11.9 Å². The van der Waals surface area contributed by atoms with Gasteiger partial charge in [0.25, 0.3) is 10.2 Å². The van der Waals surface area contributed by atoms with Gasteiger partial charge in [0, 0.05) is 63.1 Å². The number of amides is 2. The maximum atomic E-state index is 13.6. The number of carbonyl (C=O) groups is 2. The van der Waals surface area contributed by atoms with Crippen molar-refractivity contribution in [1.82, 2.24) is 23.5 Å². The molecule has 1 spiro atoms. The van der Waals surface area contributed by atoms with Crippen LogP contribution in [0.4, 0.5) is 16.6 Å². The number of rotatable bonds is 5. The fourth-order valence-electron chi connectivity index (χ4n) is 8.02. The topological polar surface area (TPSA) is 128 Å². The lowest BCUT2D eigenvalue weighted by Crippen LogP contribution is -2.49. The molecule has 4 aliphatic heterocycles. The molecule has 43 heavy (non-hydrogen) atoms. The van der Waals surface area contributed by atoms with E-state index in [4.69, 9.17) is 9.72 Å². The Morgan fingerprint density at radius 1 is 1.02 bits per heavy atom. The predicted molar refractivity (Wildman–Crippen MR) is 161 cm³/mol. The molecule has 13 heteroatoms. The van der Waals surface area contributed by atoms with Crippen LogP contribution in [-0.2, 0) is 25.2 Å². The third-order valence-electron chi connectivity index (χ3n) is 10.6. The van der Waals surface area contributed by atoms with Gasteiger partial charge in [-0.1, -0.05) is 13.3 Å². The summed E-state index contributed by atoms with van der Waals surface area (Å²) in [7, 11) is -3.58. The van der Waals surface area contributed by atoms with Gasteiger partial charge in [0.1, 0.15) is 11.4 Å². The molecule has 6 aliphatic rings. The van der Waals surface area contributed by atoms with Crippen LogP contribution in [0.5, 0.6) is 0 Å². The van der Waals surface area contributed by atoms with E-state index in [9.17, 15) is 18.0 Å². The summed E-state index contributed by atoms with van der Waals surface area (Å²) in [6.07, 6.45) is 7.87. The molecule has 12 nitrogen and oxygen atoms in total. The van der Waals surface area contributed by atoms with Gasteiger partial charge < -0.3 is 15.0 Å². The Morgan fingerprint density at radius 3 is 2.28 bits per heavy atom. The normalized spacial score (nSPS) is 31.1. The second-order valence-corrected chi connectivity index (χ2v) is 16.6. The number of fused-ring (bicyclic) bond motifs is 3. The Bertz CT molecular complexity index is 1390. The second kappa shape index (κ2) is 10.3. The summed E-state index contributed by atoms with van der Waals surface area (Å²) in [5.74, 6) is 2.22. The van der Waals surface area contributed by atoms with Crippen molar-refractivity contribution in [2.24, 2.45) is 17.8 Å². The third kappa shape index (κ3) is 5.08. The lowest BCUT2D eigenvalue weighted by Gasteiger charge is -2.34. The zero-order valence-corrected chi connectivity index (χ0v) is 26.6. The van der Waals surface area contributed by atoms with E-state index in [1.54, 1.807) is 13.5 Å². The Morgan fingerprint density at radius 2 is 1.70 bits per heavy atom. The first-order chi connectivity index (χ1) is 20.4. The minimum Gasteiger partial charge on any atom is -0.444 e. The first-order valence-electron chi connectivity index (χ1n) is 16.1. The molecule has 7 rings (SSSR count). The fourth-order valence-corrected chi connectivity index (χ4v) is 9.78. The Hall–Kier alpha value is -2.51. The second-order valence-electron chi connectivity index (χ2n) is 14.7. The van der Waals surface area contributed by atoms with Gasteiger partial charge in [-0.25, -0.2) is 9.78 Å². The van der Waals surface area contributed by atoms with Gasteiger partial charge in [-0.05, 0) is 77.0 Å². The number of carbonyl (C=O) groups excluding carboxylic acids is 2. The van der Waals surface area contributed by atoms with Crippen LogP contribution in [0, 0.1) is 17.8 Å². The van der Waals surface area contributed by atoms with Gasteiger partial charge in [-0.2, -0.15) is 22.0 Å². The average Bonchev–Trinajstić information content (AvgIpc) is 3.15. The van der Waals surface area contributed by atoms with Crippen LogP contribution in [0.1, 0.15) is 78.2 Å². The van der Waals surface area contributed by atoms with Gasteiger partial charge in [-0.3, -0.25) is 9.69 Å². The molecule has 2 aliphatic carbocycles. The zero-order chi connectivity index (χ0) is 30.3. The van der Waals surface area contributed by atoms with E-state index in [0.717, 1.165) is 43.5 Å². The molecule has 1 aromatic rings. The maximum Gasteiger partial charge on any atom is 0.410 e. The van der Waals surface area contributed by atoms with Gasteiger partial charge in [0.15, 0.2) is 0 Å². The number of nitrogens with zero attached hydrogens (tertiary/aromatic N) is 6. The number of piperidine rings is 1. The number of nitrogens with one attached hydrogen (secondary N) is 1. The van der Waals surface area contributed by atoms with Crippen molar-refractivity contribution in [2.45, 2.75) is 95.7 Å². The Kier molecular flexibility index (Phi) is 6.97. The molecular weight excluding hydrogens is 570 g/mol. The smallest absolute Gasteiger partial charge is 0.410 e. The summed E-state index contributed by atoms with van der Waals surface area (Å²) in [5, 5.41) is 3.46. The highest BCUT2D eigenvalue weighted by Gasteiger charge is 2.62. The standard InChI is InChI=1S/C30H45N7O5S/c1-19-6-5-7-24(19)37-25-23(30(10-11-30)26(37)38)14-31-27(33-25)32-22-8-12-35(13-9-22)43(40,41)36-17-20-15-34(16-21(20)18-36)28(39)42-29(2,3)4/h14,19-22,24H,5-13,15-18H2,1-4H3,(H,31,32,33). The number of likely N-dealkylation sites (tertiary alicyclic amines) is 1. The fraction of sp³-hybridized carbons (Fsp3) is 0.800. The van der Waals surface area contributed by atoms with E-state index in [1.807, 2.05) is 31.9 Å². The van der Waals surface area contributed by atoms with Gasteiger partial charge in [-0.15, -0.1) is 0 Å². The van der Waals surface area contributed by atoms with Crippen molar-refractivity contribution in [3.8, 4) is 0 Å². The van der Waals surface area contributed by atoms with E-state index >= 15 is 0 Å². The molecular formula is C30H45N7O5S. The molecule has 236 valence electrons. The van der Waals surface area contributed by atoms with Crippen LogP contribution in [0.2, 0.25) is 0 Å². The first-order valence-corrected chi connectivity index (χ1v) is 17.5. The molecule has 4 atom stereocenters. The van der Waals surface area contributed by atoms with Crippen molar-refractivity contribution < 1.29 is 22.7 Å². The number of aromatic nitrogens is 2. The summed E-state index contributed by atoms with van der Waals surface area (Å²) in [6, 6.07) is 0.253. The number of hydrogen-bond donors (Lipinski definition) is 1. The Labute approximate surface area is 254 Å². The summed E-state index contributed by atoms with van der Waals surface area (Å²) in [5.41, 5.74) is 0.0237. The molecule has 3 saturated heterocycles. The van der Waals surface area contributed by atoms with Crippen LogP contribution in [0.15, 0.2) is 6.20 Å². The largest absolute Gasteiger partial charge is 0.444 e. The minimum atomic E-state index is -3.58. The predicted octanol–water partition coefficient (Wildman–Crippen LogP) is 2.96. The summed E-state index contributed by atoms with van der Waals surface area (Å²) >= 11 is 0. The summed E-state index contributed by atoms with van der Waals surface area (Å²) in [4.78, 5) is 39.3. The van der Waals surface area contributed by atoms with Crippen molar-refractivity contribution >= 4 is 34.0 Å². The van der Waals surface area contributed by atoms with E-state index in [2.05, 4.69) is 17.2 Å². The van der Waals surface area contributed by atoms with Gasteiger partial charge in [0.05, 0.1) is 5.41 Å². The molecule has 1 N–H and O–H groups in total. The van der Waals surface area contributed by atoms with Crippen molar-refractivity contribution in [1.29, 1.82) is 0 Å². The van der Waals surface area contributed by atoms with Crippen molar-refractivity contribution in [3.05, 3.63) is 11.8 Å². The summed E-state index contributed by atoms with van der Waals surface area (Å²) < 4.78 is 35.8. The molecule has 1 aromatic heterocycles. The first kappa shape index (κ1) is 29.2. The minimum absolute atomic E-state index is 0.0516. The molecule has 5 heterocycles. The highest BCUT2D eigenvalue weighted by molar-refractivity contribution is 7.86. The van der Waals surface area contributed by atoms with E-state index in [0.29, 0.717) is 64.0 Å². The average molecular weight is 616 g/mol. The molecule has 0 bridgehead atoms. The third-order valence-corrected chi connectivity index (χ3v) is 12.6. The quantitative estimate of drug-likeness (QED) is 0.536. The number of anilines is 2. The molecule has 0 aromatic carbocycles. The molecule has 4 unspecified atom stereocenters. The highest BCUT2D eigenvalue weighted by Crippen LogP contribution is 2.58. The van der Waals surface area contributed by atoms with Crippen LogP contribution >= 0.6 is 0 Å². The van der Waals surface area contributed by atoms with Crippen molar-refractivity contribution in [2.75, 3.05) is 49.5 Å². The number of ether oxygens (including phenoxy) is 1. The van der Waals surface area contributed by atoms with E-state index in [-0.39, 0.29) is 35.9 Å². The monoisotopic (exact) mass is 615 g/mol. The maximum absolute atomic E-state index is 13.6. The SMILES string of the molecule is CC1CCCC1N1C(=O)C2(CC2)c2cnc(NC3CCN(S(=O)(=O)N4CC5CN(C(=O)OC(C)(C)C)CC5C4)CC3)nc21. The van der Waals surface area contributed by atoms with Crippen molar-refractivity contribution in [3.63, 3.8) is 0 Å². The molecule has 2 amide bonds. The molecule has 0 radical (unpaired) electrons. The van der Waals surface area contributed by atoms with Crippen LogP contribution in [0.3, 0.4) is 0 Å². The van der Waals surface area contributed by atoms with E-state index < -0.39 is 21.2 Å². The van der Waals surface area contributed by atoms with Crippen LogP contribution in [0.25, 0.3) is 0 Å². The van der Waals surface area contributed by atoms with Crippen LogP contribution < -0.4 is 10.2 Å². The Balaban J connectivity index is 0.954.